The zero-order valence-corrected chi connectivity index (χ0v) is 31.3. The fourth-order valence-electron chi connectivity index (χ4n) is 6.32. The predicted molar refractivity (Wildman–Crippen MR) is 208 cm³/mol. The predicted octanol–water partition coefficient (Wildman–Crippen LogP) is 4.21. The molecule has 0 bridgehead atoms. The SMILES string of the molecule is COc1ccccc1C(=O)c1cnc(NC2CCN(C(=O)CC(C)C)CC2)nc1N.COc1ccccc1C(=O)c1cnc(NC2CCNCC2)nc1N. The van der Waals surface area contributed by atoms with Gasteiger partial charge in [0.05, 0.1) is 36.5 Å². The van der Waals surface area contributed by atoms with Crippen LogP contribution in [0.3, 0.4) is 0 Å². The number of aromatic nitrogens is 4. The third-order valence-corrected chi connectivity index (χ3v) is 9.27. The zero-order valence-electron chi connectivity index (χ0n) is 31.3. The number of nitrogens with one attached hydrogen (secondary N) is 3. The molecule has 0 aliphatic carbocycles. The number of amides is 1. The summed E-state index contributed by atoms with van der Waals surface area (Å²) >= 11 is 0. The molecule has 0 unspecified atom stereocenters. The minimum Gasteiger partial charge on any atom is -0.496 e. The van der Waals surface area contributed by atoms with Crippen LogP contribution in [0.25, 0.3) is 0 Å². The average Bonchev–Trinajstić information content (AvgIpc) is 3.18. The minimum atomic E-state index is -0.284. The third kappa shape index (κ3) is 10.2. The molecule has 2 aliphatic heterocycles. The van der Waals surface area contributed by atoms with E-state index in [-0.39, 0.29) is 46.3 Å². The van der Waals surface area contributed by atoms with Gasteiger partial charge in [0, 0.05) is 44.0 Å². The number of hydrogen-bond acceptors (Lipinski definition) is 14. The Balaban J connectivity index is 0.000000213. The molecule has 2 aromatic heterocycles. The summed E-state index contributed by atoms with van der Waals surface area (Å²) in [6, 6.07) is 14.5. The average molecular weight is 739 g/mol. The van der Waals surface area contributed by atoms with Gasteiger partial charge in [0.15, 0.2) is 0 Å². The van der Waals surface area contributed by atoms with E-state index >= 15 is 0 Å². The van der Waals surface area contributed by atoms with Crippen molar-refractivity contribution < 1.29 is 23.9 Å². The van der Waals surface area contributed by atoms with E-state index in [0.29, 0.717) is 66.0 Å². The van der Waals surface area contributed by atoms with E-state index < -0.39 is 0 Å². The van der Waals surface area contributed by atoms with Crippen molar-refractivity contribution in [2.75, 3.05) is 62.5 Å². The molecule has 0 atom stereocenters. The number of ketones is 2. The van der Waals surface area contributed by atoms with Crippen LogP contribution < -0.4 is 36.9 Å². The summed E-state index contributed by atoms with van der Waals surface area (Å²) < 4.78 is 10.5. The Morgan fingerprint density at radius 3 is 1.61 bits per heavy atom. The normalized spacial score (nSPS) is 14.8. The highest BCUT2D eigenvalue weighted by Crippen LogP contribution is 2.25. The maximum absolute atomic E-state index is 12.8. The monoisotopic (exact) mass is 738 g/mol. The first kappa shape index (κ1) is 39.4. The number of anilines is 4. The van der Waals surface area contributed by atoms with Crippen LogP contribution in [0.4, 0.5) is 23.5 Å². The molecular weight excluding hydrogens is 688 g/mol. The van der Waals surface area contributed by atoms with Gasteiger partial charge < -0.3 is 41.8 Å². The molecule has 1 amide bonds. The molecule has 4 heterocycles. The lowest BCUT2D eigenvalue weighted by atomic mass is 10.0. The van der Waals surface area contributed by atoms with E-state index in [0.717, 1.165) is 38.8 Å². The van der Waals surface area contributed by atoms with Crippen molar-refractivity contribution in [3.63, 3.8) is 0 Å². The van der Waals surface area contributed by atoms with Gasteiger partial charge in [-0.15, -0.1) is 0 Å². The third-order valence-electron chi connectivity index (χ3n) is 9.27. The van der Waals surface area contributed by atoms with Gasteiger partial charge in [-0.1, -0.05) is 38.1 Å². The van der Waals surface area contributed by atoms with Crippen molar-refractivity contribution in [1.82, 2.24) is 30.2 Å². The highest BCUT2D eigenvalue weighted by Gasteiger charge is 2.25. The van der Waals surface area contributed by atoms with Crippen molar-refractivity contribution in [1.29, 1.82) is 0 Å². The fourth-order valence-corrected chi connectivity index (χ4v) is 6.32. The first-order valence-electron chi connectivity index (χ1n) is 18.2. The minimum absolute atomic E-state index is 0.118. The number of rotatable bonds is 12. The van der Waals surface area contributed by atoms with Crippen LogP contribution in [0.2, 0.25) is 0 Å². The van der Waals surface area contributed by atoms with Crippen molar-refractivity contribution in [2.24, 2.45) is 5.92 Å². The molecule has 0 spiro atoms. The molecule has 15 nitrogen and oxygen atoms in total. The summed E-state index contributed by atoms with van der Waals surface area (Å²) in [5.74, 6) is 2.13. The van der Waals surface area contributed by atoms with Gasteiger partial charge >= 0.3 is 0 Å². The van der Waals surface area contributed by atoms with Gasteiger partial charge in [-0.05, 0) is 69.0 Å². The van der Waals surface area contributed by atoms with Crippen LogP contribution in [0.15, 0.2) is 60.9 Å². The van der Waals surface area contributed by atoms with Gasteiger partial charge in [-0.3, -0.25) is 14.4 Å². The topological polar surface area (TPSA) is 213 Å². The highest BCUT2D eigenvalue weighted by molar-refractivity contribution is 6.13. The Labute approximate surface area is 315 Å². The zero-order chi connectivity index (χ0) is 38.6. The van der Waals surface area contributed by atoms with Crippen LogP contribution in [0.1, 0.15) is 77.8 Å². The lowest BCUT2D eigenvalue weighted by Gasteiger charge is -2.32. The highest BCUT2D eigenvalue weighted by atomic mass is 16.5. The molecule has 2 saturated heterocycles. The Morgan fingerprint density at radius 1 is 0.741 bits per heavy atom. The Morgan fingerprint density at radius 2 is 1.19 bits per heavy atom. The van der Waals surface area contributed by atoms with Crippen LogP contribution >= 0.6 is 0 Å². The fraction of sp³-hybridized carbons (Fsp3) is 0.410. The van der Waals surface area contributed by atoms with Crippen LogP contribution in [-0.2, 0) is 4.79 Å². The molecule has 54 heavy (non-hydrogen) atoms. The van der Waals surface area contributed by atoms with E-state index in [1.807, 2.05) is 11.0 Å². The van der Waals surface area contributed by atoms with E-state index in [1.54, 1.807) is 42.5 Å². The number of nitrogens with two attached hydrogens (primary N) is 2. The number of para-hydroxylation sites is 2. The second kappa shape index (κ2) is 18.8. The maximum Gasteiger partial charge on any atom is 0.224 e. The maximum atomic E-state index is 12.8. The number of nitrogen functional groups attached to an aromatic ring is 2. The number of carbonyl (C=O) groups is 3. The standard InChI is InChI=1S/C22H29N5O3.C17H21N5O2/c1-14(2)12-19(28)27-10-8-15(9-11-27)25-22-24-13-17(21(23)26-22)20(29)16-6-4-5-7-18(16)30-3;1-24-14-5-3-2-4-12(14)15(23)13-10-20-17(22-16(13)18)21-11-6-8-19-9-7-11/h4-7,13-15H,8-12H2,1-3H3,(H3,23,24,25,26);2-5,10-11,19H,6-9H2,1H3,(H3,18,20,21,22). The van der Waals surface area contributed by atoms with Gasteiger partial charge in [-0.2, -0.15) is 9.97 Å². The molecule has 7 N–H and O–H groups in total. The van der Waals surface area contributed by atoms with Crippen LogP contribution in [0.5, 0.6) is 11.5 Å². The number of ether oxygens (including phenoxy) is 2. The molecule has 0 radical (unpaired) electrons. The van der Waals surface area contributed by atoms with Gasteiger partial charge in [0.2, 0.25) is 29.4 Å². The first-order valence-corrected chi connectivity index (χ1v) is 18.2. The van der Waals surface area contributed by atoms with Crippen LogP contribution in [-0.4, -0.2) is 94.8 Å². The van der Waals surface area contributed by atoms with E-state index in [1.165, 1.54) is 26.6 Å². The Hall–Kier alpha value is -5.83. The molecular formula is C39H50N10O5. The summed E-state index contributed by atoms with van der Waals surface area (Å²) in [7, 11) is 3.04. The summed E-state index contributed by atoms with van der Waals surface area (Å²) in [5.41, 5.74) is 13.4. The number of likely N-dealkylation sites (tertiary alicyclic amines) is 1. The van der Waals surface area contributed by atoms with E-state index in [9.17, 15) is 14.4 Å². The van der Waals surface area contributed by atoms with Crippen molar-refractivity contribution in [3.8, 4) is 11.5 Å². The summed E-state index contributed by atoms with van der Waals surface area (Å²) in [6.07, 6.45) is 7.14. The molecule has 6 rings (SSSR count). The number of methoxy groups -OCH3 is 2. The molecule has 2 aromatic carbocycles. The number of benzene rings is 2. The van der Waals surface area contributed by atoms with Crippen LogP contribution in [0, 0.1) is 5.92 Å². The van der Waals surface area contributed by atoms with Gasteiger partial charge in [-0.25, -0.2) is 9.97 Å². The summed E-state index contributed by atoms with van der Waals surface area (Å²) in [6.45, 7) is 7.47. The number of hydrogen-bond donors (Lipinski definition) is 5. The summed E-state index contributed by atoms with van der Waals surface area (Å²) in [5, 5.41) is 9.85. The summed E-state index contributed by atoms with van der Waals surface area (Å²) in [4.78, 5) is 56.7. The van der Waals surface area contributed by atoms with E-state index in [2.05, 4.69) is 49.7 Å². The second-order valence-electron chi connectivity index (χ2n) is 13.6. The number of piperidine rings is 2. The Bertz CT molecular complexity index is 1910. The first-order chi connectivity index (χ1) is 26.1. The molecule has 15 heteroatoms. The molecule has 0 saturated carbocycles. The van der Waals surface area contributed by atoms with Gasteiger partial charge in [0.25, 0.3) is 0 Å². The van der Waals surface area contributed by atoms with Gasteiger partial charge in [0.1, 0.15) is 23.1 Å². The van der Waals surface area contributed by atoms with Crippen molar-refractivity contribution >= 4 is 41.0 Å². The quantitative estimate of drug-likeness (QED) is 0.129. The molecule has 2 aliphatic rings. The lowest BCUT2D eigenvalue weighted by Crippen LogP contribution is -2.42. The van der Waals surface area contributed by atoms with Crippen molar-refractivity contribution in [2.45, 2.75) is 58.0 Å². The molecule has 2 fully saturated rings. The van der Waals surface area contributed by atoms with E-state index in [4.69, 9.17) is 20.9 Å². The molecule has 286 valence electrons. The molecule has 4 aromatic rings. The second-order valence-corrected chi connectivity index (χ2v) is 13.6. The number of nitrogens with zero attached hydrogens (tertiary/aromatic N) is 5. The lowest BCUT2D eigenvalue weighted by molar-refractivity contribution is -0.132. The largest absolute Gasteiger partial charge is 0.496 e. The number of carbonyl (C=O) groups excluding carboxylic acids is 3. The van der Waals surface area contributed by atoms with Crippen molar-refractivity contribution in [3.05, 3.63) is 83.2 Å². The smallest absolute Gasteiger partial charge is 0.224 e. The Kier molecular flexibility index (Phi) is 13.7.